The molecule has 0 bridgehead atoms. The molecule has 2 aromatic rings. The molecule has 122 valence electrons. The second kappa shape index (κ2) is 6.45. The lowest BCUT2D eigenvalue weighted by Crippen LogP contribution is -2.16. The number of alkyl halides is 3. The van der Waals surface area contributed by atoms with Gasteiger partial charge < -0.3 is 0 Å². The summed E-state index contributed by atoms with van der Waals surface area (Å²) in [6, 6.07) is 13.3. The SMILES string of the molecule is CS(=O)(=O)N/C=C(/c1ccccc1)c1cccc(C(F)(F)F)c1. The van der Waals surface area contributed by atoms with E-state index in [9.17, 15) is 21.6 Å². The van der Waals surface area contributed by atoms with E-state index in [0.717, 1.165) is 18.4 Å². The summed E-state index contributed by atoms with van der Waals surface area (Å²) in [6.07, 6.45) is -2.31. The second-order valence-electron chi connectivity index (χ2n) is 4.89. The van der Waals surface area contributed by atoms with E-state index in [1.165, 1.54) is 18.3 Å². The Hall–Kier alpha value is -2.28. The van der Waals surface area contributed by atoms with Gasteiger partial charge in [-0.25, -0.2) is 8.42 Å². The first-order valence-electron chi connectivity index (χ1n) is 6.57. The highest BCUT2D eigenvalue weighted by Gasteiger charge is 2.30. The van der Waals surface area contributed by atoms with Crippen LogP contribution in [-0.2, 0) is 16.2 Å². The van der Waals surface area contributed by atoms with Gasteiger partial charge in [0, 0.05) is 11.8 Å². The molecule has 2 rings (SSSR count). The smallest absolute Gasteiger partial charge is 0.290 e. The molecule has 0 radical (unpaired) electrons. The van der Waals surface area contributed by atoms with Crippen molar-refractivity contribution in [3.05, 3.63) is 77.5 Å². The minimum atomic E-state index is -4.47. The normalized spacial score (nSPS) is 13.0. The van der Waals surface area contributed by atoms with Gasteiger partial charge in [-0.2, -0.15) is 13.2 Å². The molecule has 0 atom stereocenters. The van der Waals surface area contributed by atoms with E-state index in [2.05, 4.69) is 4.72 Å². The predicted octanol–water partition coefficient (Wildman–Crippen LogP) is 3.64. The van der Waals surface area contributed by atoms with Gasteiger partial charge in [-0.1, -0.05) is 42.5 Å². The van der Waals surface area contributed by atoms with Crippen LogP contribution < -0.4 is 4.72 Å². The number of sulfonamides is 1. The van der Waals surface area contributed by atoms with Crippen LogP contribution in [0.3, 0.4) is 0 Å². The Kier molecular flexibility index (Phi) is 4.79. The van der Waals surface area contributed by atoms with Crippen LogP contribution in [-0.4, -0.2) is 14.7 Å². The third kappa shape index (κ3) is 4.85. The van der Waals surface area contributed by atoms with Crippen LogP contribution in [0.5, 0.6) is 0 Å². The quantitative estimate of drug-likeness (QED) is 0.923. The molecule has 0 aliphatic carbocycles. The predicted molar refractivity (Wildman–Crippen MR) is 82.9 cm³/mol. The largest absolute Gasteiger partial charge is 0.416 e. The number of hydrogen-bond donors (Lipinski definition) is 1. The Morgan fingerprint density at radius 3 is 2.17 bits per heavy atom. The van der Waals surface area contributed by atoms with Crippen LogP contribution in [0.2, 0.25) is 0 Å². The molecule has 23 heavy (non-hydrogen) atoms. The lowest BCUT2D eigenvalue weighted by Gasteiger charge is -2.12. The average molecular weight is 341 g/mol. The average Bonchev–Trinajstić information content (AvgIpc) is 2.47. The maximum Gasteiger partial charge on any atom is 0.416 e. The Morgan fingerprint density at radius 1 is 1.00 bits per heavy atom. The number of benzene rings is 2. The third-order valence-electron chi connectivity index (χ3n) is 3.00. The molecular weight excluding hydrogens is 327 g/mol. The molecule has 0 fully saturated rings. The molecular formula is C16H14F3NO2S. The van der Waals surface area contributed by atoms with E-state index >= 15 is 0 Å². The monoisotopic (exact) mass is 341 g/mol. The van der Waals surface area contributed by atoms with Crippen LogP contribution in [0, 0.1) is 0 Å². The van der Waals surface area contributed by atoms with Crippen molar-refractivity contribution in [3.8, 4) is 0 Å². The number of hydrogen-bond acceptors (Lipinski definition) is 2. The van der Waals surface area contributed by atoms with Crippen molar-refractivity contribution in [1.29, 1.82) is 0 Å². The van der Waals surface area contributed by atoms with Gasteiger partial charge in [0.05, 0.1) is 11.8 Å². The van der Waals surface area contributed by atoms with Crippen molar-refractivity contribution < 1.29 is 21.6 Å². The highest BCUT2D eigenvalue weighted by atomic mass is 32.2. The van der Waals surface area contributed by atoms with E-state index in [1.54, 1.807) is 30.3 Å². The molecule has 0 aromatic heterocycles. The Labute approximate surface area is 132 Å². The Morgan fingerprint density at radius 2 is 1.61 bits per heavy atom. The summed E-state index contributed by atoms with van der Waals surface area (Å²) in [5, 5.41) is 0. The van der Waals surface area contributed by atoms with Gasteiger partial charge in [0.25, 0.3) is 0 Å². The van der Waals surface area contributed by atoms with E-state index in [0.29, 0.717) is 11.1 Å². The van der Waals surface area contributed by atoms with E-state index in [-0.39, 0.29) is 5.56 Å². The molecule has 0 aliphatic rings. The molecule has 7 heteroatoms. The molecule has 0 unspecified atom stereocenters. The third-order valence-corrected chi connectivity index (χ3v) is 3.55. The number of rotatable bonds is 4. The summed E-state index contributed by atoms with van der Waals surface area (Å²) in [7, 11) is -3.52. The van der Waals surface area contributed by atoms with Crippen LogP contribution in [0.15, 0.2) is 60.8 Å². The summed E-state index contributed by atoms with van der Waals surface area (Å²) in [5.74, 6) is 0. The number of halogens is 3. The molecule has 3 nitrogen and oxygen atoms in total. The van der Waals surface area contributed by atoms with Gasteiger partial charge in [-0.15, -0.1) is 0 Å². The summed E-state index contributed by atoms with van der Waals surface area (Å²) in [4.78, 5) is 0. The molecule has 0 aliphatic heterocycles. The summed E-state index contributed by atoms with van der Waals surface area (Å²) in [5.41, 5.74) is 0.420. The van der Waals surface area contributed by atoms with Crippen molar-refractivity contribution in [3.63, 3.8) is 0 Å². The van der Waals surface area contributed by atoms with E-state index < -0.39 is 21.8 Å². The molecule has 0 saturated heterocycles. The first-order valence-corrected chi connectivity index (χ1v) is 8.46. The first-order chi connectivity index (χ1) is 10.7. The zero-order valence-electron chi connectivity index (χ0n) is 12.1. The molecule has 0 amide bonds. The zero-order chi connectivity index (χ0) is 17.1. The van der Waals surface area contributed by atoms with Crippen LogP contribution in [0.25, 0.3) is 5.57 Å². The van der Waals surface area contributed by atoms with Crippen LogP contribution in [0.4, 0.5) is 13.2 Å². The van der Waals surface area contributed by atoms with Crippen LogP contribution in [0.1, 0.15) is 16.7 Å². The fourth-order valence-corrected chi connectivity index (χ4v) is 2.31. The van der Waals surface area contributed by atoms with Crippen LogP contribution >= 0.6 is 0 Å². The summed E-state index contributed by atoms with van der Waals surface area (Å²) in [6.45, 7) is 0. The molecule has 1 N–H and O–H groups in total. The molecule has 0 saturated carbocycles. The minimum Gasteiger partial charge on any atom is -0.290 e. The van der Waals surface area contributed by atoms with Gasteiger partial charge in [0.2, 0.25) is 10.0 Å². The summed E-state index contributed by atoms with van der Waals surface area (Å²) >= 11 is 0. The van der Waals surface area contributed by atoms with Gasteiger partial charge in [-0.3, -0.25) is 4.72 Å². The van der Waals surface area contributed by atoms with Gasteiger partial charge in [0.1, 0.15) is 0 Å². The highest BCUT2D eigenvalue weighted by molar-refractivity contribution is 7.88. The Bertz CT molecular complexity index is 813. The van der Waals surface area contributed by atoms with Gasteiger partial charge in [-0.05, 0) is 23.3 Å². The number of nitrogens with one attached hydrogen (secondary N) is 1. The fourth-order valence-electron chi connectivity index (χ4n) is 1.98. The highest BCUT2D eigenvalue weighted by Crippen LogP contribution is 2.32. The van der Waals surface area contributed by atoms with E-state index in [1.807, 2.05) is 0 Å². The van der Waals surface area contributed by atoms with Crippen molar-refractivity contribution in [1.82, 2.24) is 4.72 Å². The van der Waals surface area contributed by atoms with Gasteiger partial charge in [0.15, 0.2) is 0 Å². The topological polar surface area (TPSA) is 46.2 Å². The Balaban J connectivity index is 2.55. The zero-order valence-corrected chi connectivity index (χ0v) is 12.9. The van der Waals surface area contributed by atoms with Crippen molar-refractivity contribution >= 4 is 15.6 Å². The first kappa shape index (κ1) is 17.1. The minimum absolute atomic E-state index is 0.266. The molecule has 2 aromatic carbocycles. The molecule has 0 heterocycles. The lowest BCUT2D eigenvalue weighted by atomic mass is 9.97. The van der Waals surface area contributed by atoms with Crippen molar-refractivity contribution in [2.24, 2.45) is 0 Å². The van der Waals surface area contributed by atoms with E-state index in [4.69, 9.17) is 0 Å². The maximum absolute atomic E-state index is 12.9. The van der Waals surface area contributed by atoms with Gasteiger partial charge >= 0.3 is 6.18 Å². The molecule has 0 spiro atoms. The lowest BCUT2D eigenvalue weighted by molar-refractivity contribution is -0.137. The van der Waals surface area contributed by atoms with Crippen molar-refractivity contribution in [2.45, 2.75) is 6.18 Å². The fraction of sp³-hybridized carbons (Fsp3) is 0.125. The van der Waals surface area contributed by atoms with Crippen molar-refractivity contribution in [2.75, 3.05) is 6.26 Å². The second-order valence-corrected chi connectivity index (χ2v) is 6.67. The maximum atomic E-state index is 12.9. The standard InChI is InChI=1S/C16H14F3NO2S/c1-23(21,22)20-11-15(12-6-3-2-4-7-12)13-8-5-9-14(10-13)16(17,18)19/h2-11,20H,1H3/b15-11-. The summed E-state index contributed by atoms with van der Waals surface area (Å²) < 4.78 is 63.4.